The zero-order chi connectivity index (χ0) is 14.7. The fourth-order valence-electron chi connectivity index (χ4n) is 2.62. The number of para-hydroxylation sites is 1. The number of hydrogen-bond donors (Lipinski definition) is 1. The Labute approximate surface area is 133 Å². The molecular weight excluding hydrogens is 328 g/mol. The number of hydrogen-bond acceptors (Lipinski definition) is 1. The van der Waals surface area contributed by atoms with Crippen LogP contribution in [0, 0.1) is 0 Å². The van der Waals surface area contributed by atoms with Crippen molar-refractivity contribution in [2.45, 2.75) is 19.4 Å². The minimum atomic E-state index is -0.0231. The Morgan fingerprint density at radius 2 is 1.90 bits per heavy atom. The van der Waals surface area contributed by atoms with Crippen LogP contribution in [0.15, 0.2) is 53.0 Å². The van der Waals surface area contributed by atoms with E-state index in [1.165, 1.54) is 5.56 Å². The third-order valence-electron chi connectivity index (χ3n) is 3.71. The van der Waals surface area contributed by atoms with Crippen molar-refractivity contribution in [1.82, 2.24) is 5.32 Å². The van der Waals surface area contributed by atoms with Crippen molar-refractivity contribution in [3.05, 3.63) is 64.1 Å². The first-order chi connectivity index (χ1) is 10.2. The van der Waals surface area contributed by atoms with Crippen molar-refractivity contribution >= 4 is 27.6 Å². The van der Waals surface area contributed by atoms with Crippen LogP contribution in [0.3, 0.4) is 0 Å². The van der Waals surface area contributed by atoms with Gasteiger partial charge in [-0.05, 0) is 42.2 Å². The number of aryl methyl sites for hydroxylation is 1. The summed E-state index contributed by atoms with van der Waals surface area (Å²) in [4.78, 5) is 14.3. The number of urea groups is 1. The van der Waals surface area contributed by atoms with Gasteiger partial charge in [-0.25, -0.2) is 4.79 Å². The number of halogens is 1. The second kappa shape index (κ2) is 6.31. The average Bonchev–Trinajstić information content (AvgIpc) is 2.53. The van der Waals surface area contributed by atoms with Crippen molar-refractivity contribution < 1.29 is 4.79 Å². The van der Waals surface area contributed by atoms with E-state index >= 15 is 0 Å². The van der Waals surface area contributed by atoms with Crippen LogP contribution in [0.2, 0.25) is 0 Å². The van der Waals surface area contributed by atoms with Crippen LogP contribution in [0.25, 0.3) is 0 Å². The second-order valence-electron chi connectivity index (χ2n) is 5.17. The Morgan fingerprint density at radius 1 is 1.14 bits per heavy atom. The molecule has 0 atom stereocenters. The van der Waals surface area contributed by atoms with Gasteiger partial charge in [0.05, 0.1) is 0 Å². The molecule has 0 spiro atoms. The fourth-order valence-corrected chi connectivity index (χ4v) is 2.88. The number of rotatable bonds is 2. The van der Waals surface area contributed by atoms with Crippen LogP contribution >= 0.6 is 15.9 Å². The van der Waals surface area contributed by atoms with Crippen LogP contribution in [0.4, 0.5) is 10.5 Å². The number of nitrogens with one attached hydrogen (secondary N) is 1. The van der Waals surface area contributed by atoms with Gasteiger partial charge in [0.15, 0.2) is 0 Å². The molecule has 1 heterocycles. The van der Waals surface area contributed by atoms with Gasteiger partial charge >= 0.3 is 6.03 Å². The maximum atomic E-state index is 12.4. The zero-order valence-corrected chi connectivity index (χ0v) is 13.3. The van der Waals surface area contributed by atoms with Crippen LogP contribution in [0.1, 0.15) is 17.5 Å². The molecule has 0 aromatic heterocycles. The van der Waals surface area contributed by atoms with Crippen LogP contribution in [-0.2, 0) is 13.0 Å². The summed E-state index contributed by atoms with van der Waals surface area (Å²) in [5.41, 5.74) is 3.39. The molecular formula is C17H17BrN2O. The SMILES string of the molecule is O=C(NCc1ccc(Br)cc1)N1CCCc2ccccc21. The van der Waals surface area contributed by atoms with Gasteiger partial charge in [-0.1, -0.05) is 46.3 Å². The van der Waals surface area contributed by atoms with Gasteiger partial charge in [0.25, 0.3) is 0 Å². The molecule has 4 heteroatoms. The number of carbonyl (C=O) groups is 1. The Hall–Kier alpha value is -1.81. The van der Waals surface area contributed by atoms with Crippen molar-refractivity contribution in [3.8, 4) is 0 Å². The largest absolute Gasteiger partial charge is 0.334 e. The summed E-state index contributed by atoms with van der Waals surface area (Å²) in [6.07, 6.45) is 2.06. The average molecular weight is 345 g/mol. The standard InChI is InChI=1S/C17H17BrN2O/c18-15-9-7-13(8-10-15)12-19-17(21)20-11-3-5-14-4-1-2-6-16(14)20/h1-2,4,6-10H,3,5,11-12H2,(H,19,21). The molecule has 3 rings (SSSR count). The lowest BCUT2D eigenvalue weighted by atomic mass is 10.0. The van der Waals surface area contributed by atoms with Gasteiger partial charge in [0.1, 0.15) is 0 Å². The molecule has 0 unspecified atom stereocenters. The van der Waals surface area contributed by atoms with Gasteiger partial charge in [0.2, 0.25) is 0 Å². The van der Waals surface area contributed by atoms with E-state index in [4.69, 9.17) is 0 Å². The van der Waals surface area contributed by atoms with E-state index in [-0.39, 0.29) is 6.03 Å². The van der Waals surface area contributed by atoms with E-state index in [0.717, 1.165) is 35.1 Å². The van der Waals surface area contributed by atoms with Crippen molar-refractivity contribution in [3.63, 3.8) is 0 Å². The Kier molecular flexibility index (Phi) is 4.25. The van der Waals surface area contributed by atoms with E-state index in [9.17, 15) is 4.79 Å². The van der Waals surface area contributed by atoms with E-state index < -0.39 is 0 Å². The number of anilines is 1. The molecule has 1 aliphatic heterocycles. The molecule has 0 saturated carbocycles. The molecule has 0 fully saturated rings. The van der Waals surface area contributed by atoms with E-state index in [2.05, 4.69) is 27.3 Å². The van der Waals surface area contributed by atoms with E-state index in [0.29, 0.717) is 6.54 Å². The molecule has 3 nitrogen and oxygen atoms in total. The summed E-state index contributed by atoms with van der Waals surface area (Å²) < 4.78 is 1.04. The molecule has 0 aliphatic carbocycles. The first-order valence-corrected chi connectivity index (χ1v) is 7.91. The van der Waals surface area contributed by atoms with Gasteiger partial charge in [-0.3, -0.25) is 4.90 Å². The molecule has 2 aromatic carbocycles. The topological polar surface area (TPSA) is 32.3 Å². The summed E-state index contributed by atoms with van der Waals surface area (Å²) in [6, 6.07) is 16.1. The summed E-state index contributed by atoms with van der Waals surface area (Å²) >= 11 is 3.41. The highest BCUT2D eigenvalue weighted by Gasteiger charge is 2.21. The van der Waals surface area contributed by atoms with Crippen molar-refractivity contribution in [2.75, 3.05) is 11.4 Å². The normalized spacial score (nSPS) is 13.7. The number of amides is 2. The quantitative estimate of drug-likeness (QED) is 0.873. The number of fused-ring (bicyclic) bond motifs is 1. The number of carbonyl (C=O) groups excluding carboxylic acids is 1. The highest BCUT2D eigenvalue weighted by atomic mass is 79.9. The van der Waals surface area contributed by atoms with E-state index in [1.807, 2.05) is 47.4 Å². The third kappa shape index (κ3) is 3.27. The smallest absolute Gasteiger partial charge is 0.322 e. The highest BCUT2D eigenvalue weighted by molar-refractivity contribution is 9.10. The fraction of sp³-hybridized carbons (Fsp3) is 0.235. The van der Waals surface area contributed by atoms with Crippen LogP contribution in [-0.4, -0.2) is 12.6 Å². The van der Waals surface area contributed by atoms with Gasteiger partial charge in [0, 0.05) is 23.2 Å². The predicted octanol–water partition coefficient (Wildman–Crippen LogP) is 4.11. The van der Waals surface area contributed by atoms with Crippen LogP contribution in [0.5, 0.6) is 0 Å². The Bertz CT molecular complexity index is 639. The zero-order valence-electron chi connectivity index (χ0n) is 11.7. The maximum absolute atomic E-state index is 12.4. The summed E-state index contributed by atoms with van der Waals surface area (Å²) in [5.74, 6) is 0. The molecule has 21 heavy (non-hydrogen) atoms. The number of nitrogens with zero attached hydrogens (tertiary/aromatic N) is 1. The van der Waals surface area contributed by atoms with Gasteiger partial charge in [-0.2, -0.15) is 0 Å². The Morgan fingerprint density at radius 3 is 2.71 bits per heavy atom. The van der Waals surface area contributed by atoms with Crippen molar-refractivity contribution in [1.29, 1.82) is 0 Å². The molecule has 2 amide bonds. The lowest BCUT2D eigenvalue weighted by Gasteiger charge is -2.29. The molecule has 0 bridgehead atoms. The summed E-state index contributed by atoms with van der Waals surface area (Å²) in [5, 5.41) is 3.00. The summed E-state index contributed by atoms with van der Waals surface area (Å²) in [7, 11) is 0. The van der Waals surface area contributed by atoms with Gasteiger partial charge in [-0.15, -0.1) is 0 Å². The molecule has 0 radical (unpaired) electrons. The van der Waals surface area contributed by atoms with E-state index in [1.54, 1.807) is 0 Å². The summed E-state index contributed by atoms with van der Waals surface area (Å²) in [6.45, 7) is 1.33. The first kappa shape index (κ1) is 14.1. The lowest BCUT2D eigenvalue weighted by Crippen LogP contribution is -2.42. The van der Waals surface area contributed by atoms with Crippen LogP contribution < -0.4 is 10.2 Å². The predicted molar refractivity (Wildman–Crippen MR) is 88.5 cm³/mol. The monoisotopic (exact) mass is 344 g/mol. The number of benzene rings is 2. The second-order valence-corrected chi connectivity index (χ2v) is 6.08. The molecule has 2 aromatic rings. The third-order valence-corrected chi connectivity index (χ3v) is 4.24. The molecule has 1 aliphatic rings. The lowest BCUT2D eigenvalue weighted by molar-refractivity contribution is 0.245. The highest BCUT2D eigenvalue weighted by Crippen LogP contribution is 2.26. The van der Waals surface area contributed by atoms with Crippen molar-refractivity contribution in [2.24, 2.45) is 0 Å². The van der Waals surface area contributed by atoms with Gasteiger partial charge < -0.3 is 5.32 Å². The minimum absolute atomic E-state index is 0.0231. The Balaban J connectivity index is 1.68. The molecule has 1 N–H and O–H groups in total. The molecule has 108 valence electrons. The maximum Gasteiger partial charge on any atom is 0.322 e. The molecule has 0 saturated heterocycles. The minimum Gasteiger partial charge on any atom is -0.334 e. The first-order valence-electron chi connectivity index (χ1n) is 7.12.